The molecule has 0 bridgehead atoms. The van der Waals surface area contributed by atoms with Crippen molar-refractivity contribution in [1.29, 1.82) is 0 Å². The highest BCUT2D eigenvalue weighted by Gasteiger charge is 2.11. The molecule has 2 aromatic heterocycles. The van der Waals surface area contributed by atoms with Crippen LogP contribution in [0.3, 0.4) is 0 Å². The lowest BCUT2D eigenvalue weighted by atomic mass is 10.2. The largest absolute Gasteiger partial charge is 0.282 e. The second-order valence-electron chi connectivity index (χ2n) is 4.51. The highest BCUT2D eigenvalue weighted by molar-refractivity contribution is 7.18. The number of aromatic nitrogens is 2. The molecule has 3 aromatic rings. The lowest BCUT2D eigenvalue weighted by Crippen LogP contribution is -2.16. The Hall–Kier alpha value is -2.27. The maximum absolute atomic E-state index is 12.4. The molecule has 0 aliphatic carbocycles. The fourth-order valence-electron chi connectivity index (χ4n) is 1.98. The van der Waals surface area contributed by atoms with Gasteiger partial charge in [-0.3, -0.25) is 4.79 Å². The molecule has 1 aromatic carbocycles. The first-order chi connectivity index (χ1) is 9.66. The van der Waals surface area contributed by atoms with E-state index in [1.54, 1.807) is 6.21 Å². The summed E-state index contributed by atoms with van der Waals surface area (Å²) < 4.78 is 1.29. The van der Waals surface area contributed by atoms with Crippen molar-refractivity contribution in [3.8, 4) is 0 Å². The van der Waals surface area contributed by atoms with Crippen LogP contribution in [0.1, 0.15) is 16.0 Å². The minimum atomic E-state index is -0.121. The summed E-state index contributed by atoms with van der Waals surface area (Å²) in [5.74, 6) is 0. The summed E-state index contributed by atoms with van der Waals surface area (Å²) in [7, 11) is 0. The van der Waals surface area contributed by atoms with Crippen LogP contribution in [0.25, 0.3) is 10.2 Å². The Morgan fingerprint density at radius 3 is 2.75 bits per heavy atom. The molecule has 100 valence electrons. The third-order valence-corrected chi connectivity index (χ3v) is 4.32. The average molecular weight is 283 g/mol. The Morgan fingerprint density at radius 1 is 1.25 bits per heavy atom. The van der Waals surface area contributed by atoms with Gasteiger partial charge in [0.2, 0.25) is 0 Å². The normalized spacial score (nSPS) is 11.5. The smallest absolute Gasteiger partial charge is 0.267 e. The second kappa shape index (κ2) is 5.02. The number of rotatable bonds is 2. The van der Waals surface area contributed by atoms with Crippen molar-refractivity contribution < 1.29 is 0 Å². The Kier molecular flexibility index (Phi) is 3.20. The van der Waals surface area contributed by atoms with E-state index in [2.05, 4.69) is 10.1 Å². The SMILES string of the molecule is Cc1sc2ncn(/N=C\c3ccccc3)c(=O)c2c1C. The molecular weight excluding hydrogens is 270 g/mol. The summed E-state index contributed by atoms with van der Waals surface area (Å²) in [5, 5.41) is 4.86. The van der Waals surface area contributed by atoms with Crippen molar-refractivity contribution in [2.45, 2.75) is 13.8 Å². The molecule has 3 rings (SSSR count). The van der Waals surface area contributed by atoms with E-state index in [1.807, 2.05) is 44.2 Å². The molecule has 0 radical (unpaired) electrons. The van der Waals surface area contributed by atoms with E-state index in [9.17, 15) is 4.79 Å². The van der Waals surface area contributed by atoms with Gasteiger partial charge in [-0.25, -0.2) is 4.98 Å². The average Bonchev–Trinajstić information content (AvgIpc) is 2.75. The molecule has 0 fully saturated rings. The molecule has 4 nitrogen and oxygen atoms in total. The molecule has 0 aliphatic heterocycles. The number of aryl methyl sites for hydroxylation is 2. The van der Waals surface area contributed by atoms with Crippen LogP contribution >= 0.6 is 11.3 Å². The lowest BCUT2D eigenvalue weighted by Gasteiger charge is -1.98. The van der Waals surface area contributed by atoms with Crippen molar-refractivity contribution in [2.24, 2.45) is 5.10 Å². The zero-order valence-electron chi connectivity index (χ0n) is 11.2. The van der Waals surface area contributed by atoms with E-state index in [0.717, 1.165) is 20.8 Å². The van der Waals surface area contributed by atoms with Gasteiger partial charge in [-0.05, 0) is 25.0 Å². The number of thiophene rings is 1. The molecule has 0 spiro atoms. The zero-order valence-corrected chi connectivity index (χ0v) is 12.0. The van der Waals surface area contributed by atoms with Gasteiger partial charge in [0, 0.05) is 4.88 Å². The molecule has 0 saturated carbocycles. The van der Waals surface area contributed by atoms with Gasteiger partial charge in [-0.2, -0.15) is 9.78 Å². The molecule has 0 saturated heterocycles. The quantitative estimate of drug-likeness (QED) is 0.679. The molecule has 2 heterocycles. The summed E-state index contributed by atoms with van der Waals surface area (Å²) >= 11 is 1.54. The first-order valence-electron chi connectivity index (χ1n) is 6.23. The van der Waals surface area contributed by atoms with Crippen LogP contribution in [0.2, 0.25) is 0 Å². The standard InChI is InChI=1S/C15H13N3OS/c1-10-11(2)20-14-13(10)15(19)18(9-16-14)17-8-12-6-4-3-5-7-12/h3-9H,1-2H3/b17-8-. The zero-order chi connectivity index (χ0) is 14.1. The van der Waals surface area contributed by atoms with Crippen molar-refractivity contribution in [2.75, 3.05) is 0 Å². The van der Waals surface area contributed by atoms with Gasteiger partial charge < -0.3 is 0 Å². The number of benzene rings is 1. The van der Waals surface area contributed by atoms with Gasteiger partial charge in [0.1, 0.15) is 11.2 Å². The molecule has 0 atom stereocenters. The Bertz CT molecular complexity index is 847. The van der Waals surface area contributed by atoms with Gasteiger partial charge >= 0.3 is 0 Å². The predicted molar refractivity (Wildman–Crippen MR) is 82.8 cm³/mol. The number of nitrogens with zero attached hydrogens (tertiary/aromatic N) is 3. The molecular formula is C15H13N3OS. The maximum atomic E-state index is 12.4. The minimum Gasteiger partial charge on any atom is -0.267 e. The van der Waals surface area contributed by atoms with Gasteiger partial charge in [0.15, 0.2) is 0 Å². The van der Waals surface area contributed by atoms with Crippen LogP contribution in [-0.2, 0) is 0 Å². The van der Waals surface area contributed by atoms with E-state index < -0.39 is 0 Å². The number of hydrogen-bond acceptors (Lipinski definition) is 4. The highest BCUT2D eigenvalue weighted by Crippen LogP contribution is 2.25. The van der Waals surface area contributed by atoms with Crippen molar-refractivity contribution in [1.82, 2.24) is 9.66 Å². The second-order valence-corrected chi connectivity index (χ2v) is 5.72. The summed E-state index contributed by atoms with van der Waals surface area (Å²) in [6.07, 6.45) is 3.13. The molecule has 0 N–H and O–H groups in total. The van der Waals surface area contributed by atoms with Crippen LogP contribution in [0.15, 0.2) is 46.6 Å². The van der Waals surface area contributed by atoms with E-state index in [4.69, 9.17) is 0 Å². The monoisotopic (exact) mass is 283 g/mol. The molecule has 0 amide bonds. The number of hydrogen-bond donors (Lipinski definition) is 0. The highest BCUT2D eigenvalue weighted by atomic mass is 32.1. The van der Waals surface area contributed by atoms with Gasteiger partial charge in [-0.1, -0.05) is 30.3 Å². The first-order valence-corrected chi connectivity index (χ1v) is 7.05. The third-order valence-electron chi connectivity index (χ3n) is 3.20. The fraction of sp³-hybridized carbons (Fsp3) is 0.133. The van der Waals surface area contributed by atoms with Crippen LogP contribution in [0, 0.1) is 13.8 Å². The van der Waals surface area contributed by atoms with Crippen LogP contribution in [0.5, 0.6) is 0 Å². The predicted octanol–water partition coefficient (Wildman–Crippen LogP) is 2.96. The summed E-state index contributed by atoms with van der Waals surface area (Å²) in [6, 6.07) is 9.66. The van der Waals surface area contributed by atoms with Crippen LogP contribution in [-0.4, -0.2) is 15.9 Å². The Morgan fingerprint density at radius 2 is 2.00 bits per heavy atom. The molecule has 0 unspecified atom stereocenters. The molecule has 20 heavy (non-hydrogen) atoms. The molecule has 5 heteroatoms. The van der Waals surface area contributed by atoms with Gasteiger partial charge in [0.05, 0.1) is 11.6 Å². The van der Waals surface area contributed by atoms with Crippen LogP contribution < -0.4 is 5.56 Å². The third kappa shape index (κ3) is 2.16. The van der Waals surface area contributed by atoms with E-state index in [0.29, 0.717) is 5.39 Å². The summed E-state index contributed by atoms with van der Waals surface area (Å²) in [6.45, 7) is 3.95. The van der Waals surface area contributed by atoms with Gasteiger partial charge in [0.25, 0.3) is 5.56 Å². The van der Waals surface area contributed by atoms with Crippen molar-refractivity contribution in [3.63, 3.8) is 0 Å². The lowest BCUT2D eigenvalue weighted by molar-refractivity contribution is 0.818. The maximum Gasteiger partial charge on any atom is 0.282 e. The summed E-state index contributed by atoms with van der Waals surface area (Å²) in [5.41, 5.74) is 1.81. The van der Waals surface area contributed by atoms with Crippen molar-refractivity contribution >= 4 is 27.8 Å². The topological polar surface area (TPSA) is 47.2 Å². The van der Waals surface area contributed by atoms with E-state index in [1.165, 1.54) is 22.3 Å². The van der Waals surface area contributed by atoms with E-state index in [-0.39, 0.29) is 5.56 Å². The summed E-state index contributed by atoms with van der Waals surface area (Å²) in [4.78, 5) is 18.6. The minimum absolute atomic E-state index is 0.121. The Labute approximate surface area is 120 Å². The van der Waals surface area contributed by atoms with Crippen molar-refractivity contribution in [3.05, 3.63) is 63.0 Å². The number of fused-ring (bicyclic) bond motifs is 1. The Balaban J connectivity index is 2.09. The molecule has 0 aliphatic rings. The first kappa shape index (κ1) is 12.7. The van der Waals surface area contributed by atoms with E-state index >= 15 is 0 Å². The van der Waals surface area contributed by atoms with Gasteiger partial charge in [-0.15, -0.1) is 11.3 Å². The van der Waals surface area contributed by atoms with Crippen LogP contribution in [0.4, 0.5) is 0 Å². The fourth-order valence-corrected chi connectivity index (χ4v) is 2.96.